The van der Waals surface area contributed by atoms with E-state index in [4.69, 9.17) is 19.9 Å². The Kier molecular flexibility index (Phi) is 5.45. The van der Waals surface area contributed by atoms with Gasteiger partial charge >= 0.3 is 0 Å². The number of aryl methyl sites for hydroxylation is 1. The Labute approximate surface area is 150 Å². The van der Waals surface area contributed by atoms with Gasteiger partial charge in [0, 0.05) is 18.7 Å². The summed E-state index contributed by atoms with van der Waals surface area (Å²) >= 11 is 0. The minimum atomic E-state index is 0.604. The lowest BCUT2D eigenvalue weighted by Gasteiger charge is -2.31. The van der Waals surface area contributed by atoms with Crippen molar-refractivity contribution in [3.63, 3.8) is 0 Å². The van der Waals surface area contributed by atoms with Crippen molar-refractivity contribution in [3.05, 3.63) is 34.7 Å². The number of hydrogen-bond acceptors (Lipinski definition) is 5. The van der Waals surface area contributed by atoms with Crippen LogP contribution >= 0.6 is 0 Å². The summed E-state index contributed by atoms with van der Waals surface area (Å²) in [5.74, 6) is 3.10. The number of piperidine rings is 1. The zero-order chi connectivity index (χ0) is 18.0. The molecule has 3 rings (SSSR count). The zero-order valence-corrected chi connectivity index (χ0v) is 15.8. The monoisotopic (exact) mass is 343 g/mol. The number of rotatable bonds is 5. The van der Waals surface area contributed by atoms with Crippen LogP contribution in [0.25, 0.3) is 11.5 Å². The van der Waals surface area contributed by atoms with E-state index in [0.29, 0.717) is 11.8 Å². The minimum Gasteiger partial charge on any atom is -0.496 e. The molecule has 1 fully saturated rings. The van der Waals surface area contributed by atoms with Crippen LogP contribution < -0.4 is 10.5 Å². The van der Waals surface area contributed by atoms with Gasteiger partial charge in [0.25, 0.3) is 0 Å². The van der Waals surface area contributed by atoms with Gasteiger partial charge in [-0.25, -0.2) is 4.98 Å². The molecule has 2 N–H and O–H groups in total. The minimum absolute atomic E-state index is 0.604. The number of nitrogens with zero attached hydrogens (tertiary/aromatic N) is 2. The summed E-state index contributed by atoms with van der Waals surface area (Å²) < 4.78 is 11.4. The Morgan fingerprint density at radius 3 is 2.80 bits per heavy atom. The van der Waals surface area contributed by atoms with Gasteiger partial charge < -0.3 is 14.9 Å². The van der Waals surface area contributed by atoms with Crippen molar-refractivity contribution in [1.29, 1.82) is 0 Å². The standard InChI is InChI=1S/C20H29N3O2/c1-13-14(2)19(24-4)8-7-17(13)20-22-18(15(3)25-20)12-23-9-5-6-16(10-21)11-23/h7-8,16H,5-6,9-12,21H2,1-4H3. The highest BCUT2D eigenvalue weighted by Crippen LogP contribution is 2.32. The molecule has 0 bridgehead atoms. The van der Waals surface area contributed by atoms with E-state index in [1.807, 2.05) is 19.1 Å². The van der Waals surface area contributed by atoms with Gasteiger partial charge in [0.2, 0.25) is 5.89 Å². The Morgan fingerprint density at radius 2 is 2.08 bits per heavy atom. The van der Waals surface area contributed by atoms with Crippen LogP contribution in [0.3, 0.4) is 0 Å². The molecule has 1 aliphatic rings. The lowest BCUT2D eigenvalue weighted by Crippen LogP contribution is -2.38. The number of likely N-dealkylation sites (tertiary alicyclic amines) is 1. The summed E-state index contributed by atoms with van der Waals surface area (Å²) in [6.45, 7) is 9.92. The highest BCUT2D eigenvalue weighted by molar-refractivity contribution is 5.63. The normalized spacial score (nSPS) is 18.5. The summed E-state index contributed by atoms with van der Waals surface area (Å²) in [5, 5.41) is 0. The zero-order valence-electron chi connectivity index (χ0n) is 15.8. The van der Waals surface area contributed by atoms with E-state index in [9.17, 15) is 0 Å². The van der Waals surface area contributed by atoms with Gasteiger partial charge in [0.05, 0.1) is 12.8 Å². The molecular weight excluding hydrogens is 314 g/mol. The molecule has 1 aromatic heterocycles. The summed E-state index contributed by atoms with van der Waals surface area (Å²) in [7, 11) is 1.70. The molecule has 25 heavy (non-hydrogen) atoms. The maximum atomic E-state index is 6.00. The van der Waals surface area contributed by atoms with Crippen molar-refractivity contribution in [2.24, 2.45) is 11.7 Å². The fraction of sp³-hybridized carbons (Fsp3) is 0.550. The number of methoxy groups -OCH3 is 1. The summed E-state index contributed by atoms with van der Waals surface area (Å²) in [6, 6.07) is 4.01. The Balaban J connectivity index is 1.82. The van der Waals surface area contributed by atoms with Crippen LogP contribution in [-0.2, 0) is 6.54 Å². The molecule has 2 heterocycles. The van der Waals surface area contributed by atoms with Crippen LogP contribution in [0.5, 0.6) is 5.75 Å². The lowest BCUT2D eigenvalue weighted by molar-refractivity contribution is 0.169. The van der Waals surface area contributed by atoms with E-state index in [1.165, 1.54) is 12.8 Å². The molecule has 2 aromatic rings. The number of nitrogens with two attached hydrogens (primary N) is 1. The quantitative estimate of drug-likeness (QED) is 0.901. The van der Waals surface area contributed by atoms with Crippen molar-refractivity contribution in [2.45, 2.75) is 40.2 Å². The Morgan fingerprint density at radius 1 is 1.28 bits per heavy atom. The maximum absolute atomic E-state index is 6.00. The predicted molar refractivity (Wildman–Crippen MR) is 99.8 cm³/mol. The average Bonchev–Trinajstić information content (AvgIpc) is 2.97. The van der Waals surface area contributed by atoms with Crippen molar-refractivity contribution in [1.82, 2.24) is 9.88 Å². The molecule has 0 saturated carbocycles. The van der Waals surface area contributed by atoms with Crippen LogP contribution in [0.15, 0.2) is 16.5 Å². The van der Waals surface area contributed by atoms with Gasteiger partial charge in [-0.3, -0.25) is 4.90 Å². The molecule has 1 saturated heterocycles. The Bertz CT molecular complexity index is 739. The average molecular weight is 343 g/mol. The summed E-state index contributed by atoms with van der Waals surface area (Å²) in [5.41, 5.74) is 10.2. The molecule has 1 atom stereocenters. The molecule has 0 radical (unpaired) electrons. The fourth-order valence-electron chi connectivity index (χ4n) is 3.64. The topological polar surface area (TPSA) is 64.5 Å². The molecule has 136 valence electrons. The molecule has 1 aromatic carbocycles. The Hall–Kier alpha value is -1.85. The SMILES string of the molecule is COc1ccc(-c2nc(CN3CCCC(CN)C3)c(C)o2)c(C)c1C. The van der Waals surface area contributed by atoms with E-state index in [2.05, 4.69) is 18.7 Å². The third kappa shape index (κ3) is 3.72. The third-order valence-electron chi connectivity index (χ3n) is 5.39. The van der Waals surface area contributed by atoms with Gasteiger partial charge in [-0.1, -0.05) is 0 Å². The second-order valence-electron chi connectivity index (χ2n) is 7.07. The predicted octanol–water partition coefficient (Wildman–Crippen LogP) is 3.45. The van der Waals surface area contributed by atoms with Gasteiger partial charge in [-0.05, 0) is 75.9 Å². The smallest absolute Gasteiger partial charge is 0.226 e. The first-order valence-electron chi connectivity index (χ1n) is 9.06. The first kappa shape index (κ1) is 18.0. The van der Waals surface area contributed by atoms with Crippen molar-refractivity contribution in [3.8, 4) is 17.2 Å². The fourth-order valence-corrected chi connectivity index (χ4v) is 3.64. The van der Waals surface area contributed by atoms with Crippen molar-refractivity contribution >= 4 is 0 Å². The van der Waals surface area contributed by atoms with E-state index < -0.39 is 0 Å². The van der Waals surface area contributed by atoms with Crippen LogP contribution in [0.1, 0.15) is 35.4 Å². The first-order valence-corrected chi connectivity index (χ1v) is 9.06. The van der Waals surface area contributed by atoms with Gasteiger partial charge in [-0.15, -0.1) is 0 Å². The molecule has 5 heteroatoms. The number of aromatic nitrogens is 1. The number of hydrogen-bond donors (Lipinski definition) is 1. The first-order chi connectivity index (χ1) is 12.0. The second kappa shape index (κ2) is 7.58. The number of ether oxygens (including phenoxy) is 1. The van der Waals surface area contributed by atoms with Crippen molar-refractivity contribution in [2.75, 3.05) is 26.7 Å². The van der Waals surface area contributed by atoms with E-state index >= 15 is 0 Å². The highest BCUT2D eigenvalue weighted by atomic mass is 16.5. The van der Waals surface area contributed by atoms with Crippen LogP contribution in [0.4, 0.5) is 0 Å². The molecule has 1 unspecified atom stereocenters. The largest absolute Gasteiger partial charge is 0.496 e. The van der Waals surface area contributed by atoms with E-state index in [-0.39, 0.29) is 0 Å². The molecule has 0 spiro atoms. The molecular formula is C20H29N3O2. The highest BCUT2D eigenvalue weighted by Gasteiger charge is 2.22. The maximum Gasteiger partial charge on any atom is 0.226 e. The molecule has 0 aliphatic carbocycles. The van der Waals surface area contributed by atoms with Crippen LogP contribution in [0.2, 0.25) is 0 Å². The molecule has 5 nitrogen and oxygen atoms in total. The summed E-state index contributed by atoms with van der Waals surface area (Å²) in [6.07, 6.45) is 2.45. The van der Waals surface area contributed by atoms with E-state index in [1.54, 1.807) is 7.11 Å². The van der Waals surface area contributed by atoms with Crippen LogP contribution in [-0.4, -0.2) is 36.6 Å². The molecule has 1 aliphatic heterocycles. The second-order valence-corrected chi connectivity index (χ2v) is 7.07. The van der Waals surface area contributed by atoms with E-state index in [0.717, 1.165) is 60.1 Å². The number of oxazole rings is 1. The van der Waals surface area contributed by atoms with Crippen molar-refractivity contribution < 1.29 is 9.15 Å². The molecule has 0 amide bonds. The van der Waals surface area contributed by atoms with Gasteiger partial charge in [0.1, 0.15) is 11.5 Å². The summed E-state index contributed by atoms with van der Waals surface area (Å²) in [4.78, 5) is 7.25. The third-order valence-corrected chi connectivity index (χ3v) is 5.39. The van der Waals surface area contributed by atoms with Gasteiger partial charge in [0.15, 0.2) is 0 Å². The van der Waals surface area contributed by atoms with Crippen LogP contribution in [0, 0.1) is 26.7 Å². The van der Waals surface area contributed by atoms with Gasteiger partial charge in [-0.2, -0.15) is 0 Å². The number of benzene rings is 1. The lowest BCUT2D eigenvalue weighted by atomic mass is 9.98.